The number of allylic oxidation sites excluding steroid dienone is 2. The summed E-state index contributed by atoms with van der Waals surface area (Å²) in [4.78, 5) is 56.5. The monoisotopic (exact) mass is 1870 g/mol. The number of amides is 1. The second-order valence-corrected chi connectivity index (χ2v) is 40.3. The second-order valence-electron chi connectivity index (χ2n) is 40.3. The Bertz CT molecular complexity index is 3780. The molecule has 0 radical (unpaired) electrons. The summed E-state index contributed by atoms with van der Waals surface area (Å²) in [6.45, 7) is 13.4. The Labute approximate surface area is 752 Å². The van der Waals surface area contributed by atoms with Crippen LogP contribution in [0, 0.1) is 50.2 Å². The Morgan fingerprint density at radius 2 is 0.938 bits per heavy atom. The van der Waals surface area contributed by atoms with Gasteiger partial charge in [0.25, 0.3) is 5.91 Å². The van der Waals surface area contributed by atoms with Crippen LogP contribution in [0.15, 0.2) is 11.6 Å². The molecule has 8 saturated heterocycles. The first-order valence-corrected chi connectivity index (χ1v) is 46.0. The van der Waals surface area contributed by atoms with Crippen molar-refractivity contribution in [2.24, 2.45) is 50.2 Å². The van der Waals surface area contributed by atoms with E-state index in [4.69, 9.17) is 80.9 Å². The number of unbranched alkanes of at least 4 members (excludes halogenated alkanes) is 7. The van der Waals surface area contributed by atoms with Crippen LogP contribution in [-0.2, 0) is 95.0 Å². The molecule has 0 bridgehead atoms. The summed E-state index contributed by atoms with van der Waals surface area (Å²) in [6.07, 6.45) is -62.0. The standard InChI is InChI=1S/C87H141NO42/c1-35-49(97)55(103)60(108)75(117-35)125-67-62(110)69(72(113)88-27-17-15-13-11-10-12-14-16-18-48(95)96)127-80(71(67)129-76-61(109)56(104)53(101)42(30-89)120-76)122-47-22-23-83(6)44(84(47,7)34-91)21-24-85(8)45(83)20-19-38-39-28-82(4,5)25-26-87(39,46(94)29-86(38,85)9)81(114)130-79-70(57(105)50(98)36(2)118-79)128-77-64(112)68(65(37(3)119-77)123-73-58(106)51(99)40(92)32-115-73)126-78-63(111)66(54(102)43(31-90)121-78)124-74-59(107)52(100)41(93)33-116-74/h19,34-37,39-47,49-71,73-80,89-90,92-94,97-112H,10-18,20-33H2,1-9H3,(H,88,113)(H,95,96)/t35-,36+,37-,39-,40-,41+,42+,43+,44+,45+,46+,47-,49-,50-,51+,52-,53-,54+,55+,56-,57-,58-,59+,60+,61+,62-,63+,64+,65-,66-,67-,68-,69-,70+,71+,73+,74-,75-,76-,77+,78-,79-,80+,83-,84-,85+,86+,87+/m0/s1. The number of carboxylic acid groups (broad SMARTS) is 1. The van der Waals surface area contributed by atoms with Gasteiger partial charge in [-0.1, -0.05) is 91.7 Å². The number of aliphatic hydroxyl groups is 21. The first-order chi connectivity index (χ1) is 61.3. The van der Waals surface area contributed by atoms with Gasteiger partial charge in [-0.2, -0.15) is 0 Å². The number of nitrogens with one attached hydrogen (secondary N) is 1. The number of carbonyl (C=O) groups excluding carboxylic acids is 3. The summed E-state index contributed by atoms with van der Waals surface area (Å²) in [5.74, 6) is -4.26. The van der Waals surface area contributed by atoms with Crippen LogP contribution in [-0.4, -0.2) is 415 Å². The van der Waals surface area contributed by atoms with Gasteiger partial charge in [-0.3, -0.25) is 14.4 Å². The van der Waals surface area contributed by atoms with E-state index in [0.717, 1.165) is 44.0 Å². The molecular formula is C87H141NO42. The number of rotatable bonds is 31. The molecule has 13 aliphatic rings. The van der Waals surface area contributed by atoms with Crippen LogP contribution in [0.25, 0.3) is 0 Å². The largest absolute Gasteiger partial charge is 0.481 e. The lowest BCUT2D eigenvalue weighted by molar-refractivity contribution is -0.399. The van der Waals surface area contributed by atoms with E-state index in [2.05, 4.69) is 46.0 Å². The van der Waals surface area contributed by atoms with Gasteiger partial charge in [0.1, 0.15) is 164 Å². The number of esters is 1. The lowest BCUT2D eigenvalue weighted by Gasteiger charge is -2.71. The number of aliphatic hydroxyl groups excluding tert-OH is 21. The lowest BCUT2D eigenvalue weighted by Crippen LogP contribution is -2.70. The number of aldehydes is 1. The molecule has 0 aromatic carbocycles. The third-order valence-corrected chi connectivity index (χ3v) is 31.6. The zero-order valence-corrected chi connectivity index (χ0v) is 74.7. The fourth-order valence-electron chi connectivity index (χ4n) is 23.4. The molecule has 48 atom stereocenters. The SMILES string of the molecule is C[C@@H]1O[C@@H](O[C@H]2[C@H](O)[C@@H](C(=O)NCCCCCCCCCCC(=O)O)O[C@@H](O[C@H]3CC[C@]4(C)[C@H]5CC=C6[C@@H]7CC(C)(C)CC[C@]7(C(=O)O[C@@H]7O[C@H](C)[C@H](O)[C@H](O)[C@H]7O[C@H]7O[C@@H](C)[C@H](O[C@H]8OC[C@H](O)[C@@H](O)[C@@H]8O)[C@@H](O[C@@H]8O[C@H](CO)[C@@H](O)[C@H](O[C@@H]9OC[C@@H](O)[C@H](O)[C@H]9O)[C@H]8O)[C@H]7O)[C@H](O)C[C@@]6(C)[C@]5(C)CC[C@H]4[C@]3(C)C=O)[C@@H]2O[C@@H]2O[C@H](CO)[C@H](O)[C@H](O)[C@H]2O)[C@H](O)[C@H](O)[C@H]1O. The van der Waals surface area contributed by atoms with E-state index < -0.39 is 334 Å². The predicted octanol–water partition coefficient (Wildman–Crippen LogP) is -5.51. The molecular weight excluding hydrogens is 1730 g/mol. The third-order valence-electron chi connectivity index (χ3n) is 31.6. The highest BCUT2D eigenvalue weighted by molar-refractivity contribution is 5.82. The highest BCUT2D eigenvalue weighted by Crippen LogP contribution is 2.76. The van der Waals surface area contributed by atoms with E-state index in [1.807, 2.05) is 0 Å². The molecule has 5 aliphatic carbocycles. The minimum Gasteiger partial charge on any atom is -0.481 e. The first kappa shape index (κ1) is 104. The summed E-state index contributed by atoms with van der Waals surface area (Å²) in [5.41, 5.74) is -5.23. The highest BCUT2D eigenvalue weighted by Gasteiger charge is 2.74. The molecule has 1 amide bonds. The van der Waals surface area contributed by atoms with Gasteiger partial charge in [0.15, 0.2) is 56.2 Å². The van der Waals surface area contributed by atoms with Crippen molar-refractivity contribution in [3.05, 3.63) is 11.6 Å². The Kier molecular flexibility index (Phi) is 33.4. The van der Waals surface area contributed by atoms with Crippen LogP contribution in [0.5, 0.6) is 0 Å². The fourth-order valence-corrected chi connectivity index (χ4v) is 23.4. The fraction of sp³-hybridized carbons (Fsp3) is 0.931. The van der Waals surface area contributed by atoms with Gasteiger partial charge in [0, 0.05) is 13.0 Å². The Balaban J connectivity index is 0.764. The van der Waals surface area contributed by atoms with Crippen LogP contribution in [0.1, 0.15) is 178 Å². The summed E-state index contributed by atoms with van der Waals surface area (Å²) in [5, 5.41) is 249. The van der Waals surface area contributed by atoms with Gasteiger partial charge >= 0.3 is 11.9 Å². The zero-order valence-electron chi connectivity index (χ0n) is 74.7. The van der Waals surface area contributed by atoms with Crippen molar-refractivity contribution in [3.8, 4) is 0 Å². The van der Waals surface area contributed by atoms with E-state index in [9.17, 15) is 122 Å². The van der Waals surface area contributed by atoms with E-state index in [1.165, 1.54) is 20.8 Å². The molecule has 0 unspecified atom stereocenters. The predicted molar refractivity (Wildman–Crippen MR) is 434 cm³/mol. The number of carboxylic acids is 1. The van der Waals surface area contributed by atoms with Crippen molar-refractivity contribution in [2.45, 2.75) is 424 Å². The summed E-state index contributed by atoms with van der Waals surface area (Å²) in [6, 6.07) is 0. The molecule has 0 aromatic heterocycles. The summed E-state index contributed by atoms with van der Waals surface area (Å²) in [7, 11) is 0. The van der Waals surface area contributed by atoms with Crippen molar-refractivity contribution in [1.29, 1.82) is 0 Å². The maximum Gasteiger partial charge on any atom is 0.317 e. The third kappa shape index (κ3) is 19.9. The smallest absolute Gasteiger partial charge is 0.317 e. The molecule has 23 N–H and O–H groups in total. The minimum atomic E-state index is -2.23. The van der Waals surface area contributed by atoms with Gasteiger partial charge in [-0.05, 0) is 131 Å². The molecule has 0 aromatic rings. The number of fused-ring (bicyclic) bond motifs is 7. The molecule has 0 spiro atoms. The van der Waals surface area contributed by atoms with E-state index in [-0.39, 0.29) is 38.1 Å². The Hall–Kier alpha value is -3.62. The zero-order chi connectivity index (χ0) is 94.8. The van der Waals surface area contributed by atoms with Crippen molar-refractivity contribution in [3.63, 3.8) is 0 Å². The van der Waals surface area contributed by atoms with Gasteiger partial charge < -0.3 is 198 Å². The van der Waals surface area contributed by atoms with Crippen molar-refractivity contribution in [1.82, 2.24) is 5.32 Å². The average molecular weight is 1870 g/mol. The maximum atomic E-state index is 16.2. The van der Waals surface area contributed by atoms with Crippen LogP contribution < -0.4 is 5.32 Å². The number of aliphatic carboxylic acids is 1. The second kappa shape index (κ2) is 41.8. The number of ether oxygens (including phenoxy) is 16. The van der Waals surface area contributed by atoms with Crippen molar-refractivity contribution in [2.75, 3.05) is 33.0 Å². The van der Waals surface area contributed by atoms with Gasteiger partial charge in [0.2, 0.25) is 6.29 Å². The van der Waals surface area contributed by atoms with E-state index in [1.54, 1.807) is 6.92 Å². The lowest BCUT2D eigenvalue weighted by atomic mass is 9.33. The van der Waals surface area contributed by atoms with Gasteiger partial charge in [-0.25, -0.2) is 0 Å². The summed E-state index contributed by atoms with van der Waals surface area (Å²) >= 11 is 0. The normalized spacial score (nSPS) is 50.9. The van der Waals surface area contributed by atoms with Crippen LogP contribution in [0.2, 0.25) is 0 Å². The summed E-state index contributed by atoms with van der Waals surface area (Å²) < 4.78 is 98.8. The number of hydrogen-bond donors (Lipinski definition) is 23. The molecule has 8 heterocycles. The van der Waals surface area contributed by atoms with Crippen molar-refractivity contribution < 1.29 is 207 Å². The molecule has 43 heteroatoms. The van der Waals surface area contributed by atoms with Crippen LogP contribution in [0.4, 0.5) is 0 Å². The van der Waals surface area contributed by atoms with E-state index >= 15 is 4.79 Å². The Morgan fingerprint density at radius 3 is 1.54 bits per heavy atom. The number of carbonyl (C=O) groups is 4. The molecule has 130 heavy (non-hydrogen) atoms. The topological polar surface area (TPSA) is 673 Å². The van der Waals surface area contributed by atoms with Gasteiger partial charge in [-0.15, -0.1) is 0 Å². The van der Waals surface area contributed by atoms with Gasteiger partial charge in [0.05, 0.1) is 62.4 Å². The van der Waals surface area contributed by atoms with Crippen molar-refractivity contribution >= 4 is 24.1 Å². The quantitative estimate of drug-likeness (QED) is 0.0101. The number of hydrogen-bond acceptors (Lipinski definition) is 41. The molecule has 43 nitrogen and oxygen atoms in total. The molecule has 8 aliphatic heterocycles. The van der Waals surface area contributed by atoms with Crippen LogP contribution in [0.3, 0.4) is 0 Å². The molecule has 4 saturated carbocycles. The maximum absolute atomic E-state index is 16.2. The highest BCUT2D eigenvalue weighted by atomic mass is 16.8. The molecule has 12 fully saturated rings. The average Bonchev–Trinajstić information content (AvgIpc) is 0.668. The first-order valence-electron chi connectivity index (χ1n) is 46.0. The van der Waals surface area contributed by atoms with Crippen LogP contribution >= 0.6 is 0 Å². The molecule has 746 valence electrons. The molecule has 13 rings (SSSR count). The Morgan fingerprint density at radius 1 is 0.446 bits per heavy atom. The minimum absolute atomic E-state index is 0.0156. The van der Waals surface area contributed by atoms with E-state index in [0.29, 0.717) is 57.8 Å².